The van der Waals surface area contributed by atoms with E-state index in [2.05, 4.69) is 9.97 Å². The van der Waals surface area contributed by atoms with Crippen molar-refractivity contribution in [3.63, 3.8) is 0 Å². The first-order valence-corrected chi connectivity index (χ1v) is 11.4. The largest absolute Gasteiger partial charge is 0.479 e. The van der Waals surface area contributed by atoms with Gasteiger partial charge in [0, 0.05) is 40.4 Å². The van der Waals surface area contributed by atoms with Gasteiger partial charge in [0.2, 0.25) is 5.88 Å². The number of piperidine rings is 1. The number of Topliss-reactive ketones (excluding diaryl/α,β-unsaturated/α-hetero) is 1. The van der Waals surface area contributed by atoms with Crippen LogP contribution in [0.15, 0.2) is 30.5 Å². The second-order valence-corrected chi connectivity index (χ2v) is 9.00. The molecule has 0 aliphatic carbocycles. The maximum absolute atomic E-state index is 13.4. The van der Waals surface area contributed by atoms with E-state index in [4.69, 9.17) is 4.74 Å². The second kappa shape index (κ2) is 9.81. The quantitative estimate of drug-likeness (QED) is 0.396. The van der Waals surface area contributed by atoms with E-state index in [9.17, 15) is 18.8 Å². The maximum Gasteiger partial charge on any atom is 0.294 e. The van der Waals surface area contributed by atoms with Gasteiger partial charge < -0.3 is 19.1 Å². The fourth-order valence-electron chi connectivity index (χ4n) is 4.36. The summed E-state index contributed by atoms with van der Waals surface area (Å²) in [6, 6.07) is 6.51. The molecule has 9 nitrogen and oxygen atoms in total. The molecule has 2 amide bonds. The summed E-state index contributed by atoms with van der Waals surface area (Å²) in [7, 11) is 6.08. The van der Waals surface area contributed by atoms with E-state index in [-0.39, 0.29) is 34.4 Å². The van der Waals surface area contributed by atoms with E-state index in [1.807, 2.05) is 0 Å². The number of carbonyl (C=O) groups excluding carboxylic acids is 3. The Balaban J connectivity index is 1.56. The van der Waals surface area contributed by atoms with E-state index in [1.165, 1.54) is 44.4 Å². The van der Waals surface area contributed by atoms with Gasteiger partial charge in [0.25, 0.3) is 17.6 Å². The predicted octanol–water partition coefficient (Wildman–Crippen LogP) is 2.48. The summed E-state index contributed by atoms with van der Waals surface area (Å²) in [5, 5.41) is 0. The van der Waals surface area contributed by atoms with Crippen LogP contribution in [0.2, 0.25) is 0 Å². The molecule has 3 heterocycles. The Labute approximate surface area is 202 Å². The first-order chi connectivity index (χ1) is 16.7. The third kappa shape index (κ3) is 4.87. The Bertz CT molecular complexity index is 1280. The molecule has 1 aromatic carbocycles. The Morgan fingerprint density at radius 1 is 1.11 bits per heavy atom. The molecule has 0 bridgehead atoms. The molecule has 3 aromatic rings. The van der Waals surface area contributed by atoms with E-state index in [0.717, 1.165) is 24.8 Å². The fraction of sp³-hybridized carbons (Fsp3) is 0.400. The van der Waals surface area contributed by atoms with Gasteiger partial charge in [0.15, 0.2) is 11.3 Å². The number of fused-ring (bicyclic) bond motifs is 1. The number of halogens is 1. The molecule has 0 N–H and O–H groups in total. The molecule has 10 heteroatoms. The number of aromatic nitrogens is 3. The van der Waals surface area contributed by atoms with E-state index in [0.29, 0.717) is 24.7 Å². The number of carbonyl (C=O) groups is 3. The highest BCUT2D eigenvalue weighted by atomic mass is 19.1. The summed E-state index contributed by atoms with van der Waals surface area (Å²) in [5.41, 5.74) is 1.69. The molecule has 0 radical (unpaired) electrons. The predicted molar refractivity (Wildman–Crippen MR) is 127 cm³/mol. The minimum absolute atomic E-state index is 0.00883. The van der Waals surface area contributed by atoms with Crippen LogP contribution in [-0.2, 0) is 18.3 Å². The van der Waals surface area contributed by atoms with Crippen molar-refractivity contribution >= 4 is 28.8 Å². The summed E-state index contributed by atoms with van der Waals surface area (Å²) in [6.07, 6.45) is 3.91. The number of rotatable bonds is 6. The molecular formula is C25H28FN5O4. The number of amides is 2. The maximum atomic E-state index is 13.4. The van der Waals surface area contributed by atoms with Crippen molar-refractivity contribution in [1.29, 1.82) is 0 Å². The Kier molecular flexibility index (Phi) is 6.81. The molecule has 0 unspecified atom stereocenters. The number of nitrogens with zero attached hydrogens (tertiary/aromatic N) is 5. The zero-order chi connectivity index (χ0) is 25.3. The van der Waals surface area contributed by atoms with Crippen molar-refractivity contribution in [2.75, 3.05) is 34.3 Å². The normalized spacial score (nSPS) is 14.3. The van der Waals surface area contributed by atoms with Crippen LogP contribution < -0.4 is 4.74 Å². The zero-order valence-electron chi connectivity index (χ0n) is 20.2. The average molecular weight is 482 g/mol. The lowest BCUT2D eigenvalue weighted by atomic mass is 9.90. The standard InChI is InChI=1S/C25H28FN5O4/c1-29(2)25(34)21(32)18-14-30(3)22-19(18)27-20(23(28-22)35-4)24(33)31-11-9-16(10-12-31)13-15-5-7-17(26)8-6-15/h5-8,14,16H,9-13H2,1-4H3. The van der Waals surface area contributed by atoms with E-state index < -0.39 is 11.7 Å². The van der Waals surface area contributed by atoms with Crippen LogP contribution >= 0.6 is 0 Å². The average Bonchev–Trinajstić information content (AvgIpc) is 3.19. The van der Waals surface area contributed by atoms with Gasteiger partial charge >= 0.3 is 0 Å². The molecule has 1 fully saturated rings. The van der Waals surface area contributed by atoms with Crippen LogP contribution in [0.25, 0.3) is 11.2 Å². The molecular weight excluding hydrogens is 453 g/mol. The summed E-state index contributed by atoms with van der Waals surface area (Å²) in [5.74, 6) is -1.55. The van der Waals surface area contributed by atoms with Gasteiger partial charge in [0.05, 0.1) is 12.7 Å². The van der Waals surface area contributed by atoms with Gasteiger partial charge in [-0.3, -0.25) is 14.4 Å². The smallest absolute Gasteiger partial charge is 0.294 e. The molecule has 35 heavy (non-hydrogen) atoms. The highest BCUT2D eigenvalue weighted by Crippen LogP contribution is 2.27. The van der Waals surface area contributed by atoms with Gasteiger partial charge in [-0.05, 0) is 42.9 Å². The lowest BCUT2D eigenvalue weighted by molar-refractivity contribution is -0.124. The van der Waals surface area contributed by atoms with E-state index in [1.54, 1.807) is 28.6 Å². The van der Waals surface area contributed by atoms with Crippen LogP contribution in [0.4, 0.5) is 4.39 Å². The fourth-order valence-corrected chi connectivity index (χ4v) is 4.36. The number of aryl methyl sites for hydroxylation is 1. The van der Waals surface area contributed by atoms with Crippen LogP contribution in [0.3, 0.4) is 0 Å². The number of likely N-dealkylation sites (tertiary alicyclic amines) is 1. The number of ether oxygens (including phenoxy) is 1. The number of hydrogen-bond acceptors (Lipinski definition) is 6. The van der Waals surface area contributed by atoms with Crippen molar-refractivity contribution in [2.24, 2.45) is 13.0 Å². The Morgan fingerprint density at radius 3 is 2.37 bits per heavy atom. The molecule has 2 aromatic heterocycles. The van der Waals surface area contributed by atoms with Crippen LogP contribution in [0.5, 0.6) is 5.88 Å². The van der Waals surface area contributed by atoms with Crippen molar-refractivity contribution in [3.8, 4) is 5.88 Å². The number of methoxy groups -OCH3 is 1. The van der Waals surface area contributed by atoms with Gasteiger partial charge in [-0.2, -0.15) is 4.98 Å². The van der Waals surface area contributed by atoms with Gasteiger partial charge in [0.1, 0.15) is 11.3 Å². The van der Waals surface area contributed by atoms with Gasteiger partial charge in [-0.15, -0.1) is 0 Å². The first kappa shape index (κ1) is 24.3. The number of hydrogen-bond donors (Lipinski definition) is 0. The third-order valence-electron chi connectivity index (χ3n) is 6.34. The lowest BCUT2D eigenvalue weighted by Gasteiger charge is -2.32. The van der Waals surface area contributed by atoms with Crippen LogP contribution in [0, 0.1) is 11.7 Å². The monoisotopic (exact) mass is 481 g/mol. The van der Waals surface area contributed by atoms with Crippen molar-refractivity contribution < 1.29 is 23.5 Å². The topological polar surface area (TPSA) is 97.6 Å². The SMILES string of the molecule is COc1nc2c(nc1C(=O)N1CCC(Cc3ccc(F)cc3)CC1)c(C(=O)C(=O)N(C)C)cn2C. The van der Waals surface area contributed by atoms with Gasteiger partial charge in [-0.1, -0.05) is 12.1 Å². The summed E-state index contributed by atoms with van der Waals surface area (Å²) in [4.78, 5) is 50.2. The Morgan fingerprint density at radius 2 is 1.77 bits per heavy atom. The van der Waals surface area contributed by atoms with Crippen molar-refractivity contribution in [2.45, 2.75) is 19.3 Å². The molecule has 1 aliphatic heterocycles. The lowest BCUT2D eigenvalue weighted by Crippen LogP contribution is -2.39. The second-order valence-electron chi connectivity index (χ2n) is 9.00. The molecule has 0 saturated carbocycles. The number of benzene rings is 1. The summed E-state index contributed by atoms with van der Waals surface area (Å²) < 4.78 is 20.1. The molecule has 4 rings (SSSR count). The Hall–Kier alpha value is -3.82. The number of likely N-dealkylation sites (N-methyl/N-ethyl adjacent to an activating group) is 1. The van der Waals surface area contributed by atoms with Crippen molar-refractivity contribution in [1.82, 2.24) is 24.3 Å². The first-order valence-electron chi connectivity index (χ1n) is 11.4. The zero-order valence-corrected chi connectivity index (χ0v) is 20.2. The molecule has 0 atom stereocenters. The molecule has 184 valence electrons. The minimum atomic E-state index is -0.722. The number of ketones is 1. The highest BCUT2D eigenvalue weighted by Gasteiger charge is 2.30. The molecule has 0 spiro atoms. The summed E-state index contributed by atoms with van der Waals surface area (Å²) >= 11 is 0. The van der Waals surface area contributed by atoms with Crippen LogP contribution in [-0.4, -0.2) is 76.2 Å². The molecule has 1 saturated heterocycles. The third-order valence-corrected chi connectivity index (χ3v) is 6.34. The van der Waals surface area contributed by atoms with Crippen molar-refractivity contribution in [3.05, 3.63) is 53.1 Å². The van der Waals surface area contributed by atoms with Crippen LogP contribution in [0.1, 0.15) is 39.3 Å². The van der Waals surface area contributed by atoms with E-state index >= 15 is 0 Å². The van der Waals surface area contributed by atoms with Gasteiger partial charge in [-0.25, -0.2) is 9.37 Å². The minimum Gasteiger partial charge on any atom is -0.479 e. The highest BCUT2D eigenvalue weighted by molar-refractivity contribution is 6.44. The summed E-state index contributed by atoms with van der Waals surface area (Å²) in [6.45, 7) is 1.07. The molecule has 1 aliphatic rings.